The van der Waals surface area contributed by atoms with Crippen LogP contribution in [0.2, 0.25) is 0 Å². The quantitative estimate of drug-likeness (QED) is 0.225. The maximum absolute atomic E-state index is 14.0. The van der Waals surface area contributed by atoms with Crippen LogP contribution in [-0.2, 0) is 12.1 Å². The van der Waals surface area contributed by atoms with Gasteiger partial charge in [0.05, 0.1) is 11.1 Å². The summed E-state index contributed by atoms with van der Waals surface area (Å²) in [6, 6.07) is 36.5. The van der Waals surface area contributed by atoms with E-state index in [2.05, 4.69) is 5.10 Å². The first-order chi connectivity index (χ1) is 19.1. The highest BCUT2D eigenvalue weighted by atomic mass is 16.2. The number of benzene rings is 4. The molecule has 0 saturated heterocycles. The second kappa shape index (κ2) is 10.0. The van der Waals surface area contributed by atoms with Crippen LogP contribution in [0.15, 0.2) is 126 Å². The van der Waals surface area contributed by atoms with Gasteiger partial charge < -0.3 is 0 Å². The van der Waals surface area contributed by atoms with Crippen LogP contribution in [0, 0.1) is 0 Å². The van der Waals surface area contributed by atoms with Gasteiger partial charge in [-0.2, -0.15) is 9.78 Å². The Bertz CT molecular complexity index is 1560. The number of carbonyl (C=O) groups is 2. The maximum atomic E-state index is 14.0. The summed E-state index contributed by atoms with van der Waals surface area (Å²) in [5.74, 6) is -0.593. The number of rotatable bonds is 8. The third-order valence-electron chi connectivity index (χ3n) is 7.28. The minimum atomic E-state index is -1.01. The second-order valence-corrected chi connectivity index (χ2v) is 9.49. The lowest BCUT2D eigenvalue weighted by Gasteiger charge is -2.35. The molecule has 0 fully saturated rings. The molecule has 1 aliphatic heterocycles. The van der Waals surface area contributed by atoms with Gasteiger partial charge in [0.15, 0.2) is 0 Å². The molecule has 1 aliphatic rings. The average Bonchev–Trinajstić information content (AvgIpc) is 3.48. The van der Waals surface area contributed by atoms with Crippen molar-refractivity contribution in [2.45, 2.75) is 18.5 Å². The van der Waals surface area contributed by atoms with Gasteiger partial charge in [-0.25, -0.2) is 4.79 Å². The lowest BCUT2D eigenvalue weighted by molar-refractivity contribution is 0.0650. The monoisotopic (exact) mass is 514 g/mol. The molecule has 0 unspecified atom stereocenters. The summed E-state index contributed by atoms with van der Waals surface area (Å²) in [4.78, 5) is 40.7. The smallest absolute Gasteiger partial charge is 0.281 e. The van der Waals surface area contributed by atoms with Crippen molar-refractivity contribution >= 4 is 11.8 Å². The van der Waals surface area contributed by atoms with Gasteiger partial charge in [0.25, 0.3) is 11.8 Å². The number of aromatic nitrogens is 3. The molecule has 4 aromatic carbocycles. The lowest BCUT2D eigenvalue weighted by atomic mass is 9.77. The maximum Gasteiger partial charge on any atom is 0.347 e. The van der Waals surface area contributed by atoms with Crippen molar-refractivity contribution in [3.05, 3.63) is 160 Å². The van der Waals surface area contributed by atoms with Crippen molar-refractivity contribution in [3.63, 3.8) is 0 Å². The molecule has 0 atom stereocenters. The van der Waals surface area contributed by atoms with E-state index in [4.69, 9.17) is 0 Å². The first-order valence-electron chi connectivity index (χ1n) is 12.9. The van der Waals surface area contributed by atoms with Gasteiger partial charge in [0.2, 0.25) is 0 Å². The molecule has 0 bridgehead atoms. The Hall–Kier alpha value is -5.04. The van der Waals surface area contributed by atoms with E-state index in [-0.39, 0.29) is 24.0 Å². The van der Waals surface area contributed by atoms with Crippen LogP contribution in [0.3, 0.4) is 0 Å². The molecule has 6 rings (SSSR count). The number of amides is 2. The molecule has 0 saturated carbocycles. The van der Waals surface area contributed by atoms with Gasteiger partial charge in [-0.1, -0.05) is 103 Å². The fourth-order valence-corrected chi connectivity index (χ4v) is 5.46. The summed E-state index contributed by atoms with van der Waals surface area (Å²) in [6.07, 6.45) is 1.96. The van der Waals surface area contributed by atoms with E-state index < -0.39 is 5.54 Å². The third-order valence-corrected chi connectivity index (χ3v) is 7.28. The van der Waals surface area contributed by atoms with Gasteiger partial charge in [-0.05, 0) is 35.2 Å². The fraction of sp³-hybridized carbons (Fsp3) is 0.125. The second-order valence-electron chi connectivity index (χ2n) is 9.49. The molecular weight excluding hydrogens is 488 g/mol. The Labute approximate surface area is 225 Å². The molecule has 5 aromatic rings. The highest BCUT2D eigenvalue weighted by Crippen LogP contribution is 2.39. The molecule has 7 heteroatoms. The zero-order chi connectivity index (χ0) is 26.8. The molecule has 192 valence electrons. The molecule has 1 aromatic heterocycles. The standard InChI is InChI=1S/C32H26N4O3/c37-29-27-19-10-11-20-28(27)30(38)35(29)22-12-21-34-23-33-36(31(34)39)32(24-13-4-1-5-14-24,25-15-6-2-7-16-25)26-17-8-3-9-18-26/h1-11,13-20,23H,12,21-22H2. The Morgan fingerprint density at radius 3 is 1.46 bits per heavy atom. The average molecular weight is 515 g/mol. The normalized spacial score (nSPS) is 13.1. The number of imide groups is 1. The van der Waals surface area contributed by atoms with Gasteiger partial charge >= 0.3 is 5.69 Å². The van der Waals surface area contributed by atoms with Crippen molar-refractivity contribution in [1.29, 1.82) is 0 Å². The third kappa shape index (κ3) is 3.99. The molecule has 39 heavy (non-hydrogen) atoms. The van der Waals surface area contributed by atoms with Gasteiger partial charge in [0, 0.05) is 13.1 Å². The molecule has 2 heterocycles. The fourth-order valence-electron chi connectivity index (χ4n) is 5.46. The van der Waals surface area contributed by atoms with Crippen molar-refractivity contribution in [2.75, 3.05) is 6.54 Å². The Balaban J connectivity index is 1.37. The van der Waals surface area contributed by atoms with E-state index in [1.165, 1.54) is 15.9 Å². The minimum absolute atomic E-state index is 0.213. The SMILES string of the molecule is O=C1c2ccccc2C(=O)N1CCCn1cnn(C(c2ccccc2)(c2ccccc2)c2ccccc2)c1=O. The van der Waals surface area contributed by atoms with E-state index in [1.54, 1.807) is 28.8 Å². The molecule has 0 aliphatic carbocycles. The molecule has 7 nitrogen and oxygen atoms in total. The number of hydrogen-bond acceptors (Lipinski definition) is 4. The van der Waals surface area contributed by atoms with Gasteiger partial charge in [-0.3, -0.25) is 19.1 Å². The highest BCUT2D eigenvalue weighted by Gasteiger charge is 2.41. The van der Waals surface area contributed by atoms with Crippen LogP contribution in [0.1, 0.15) is 43.8 Å². The predicted octanol–water partition coefficient (Wildman–Crippen LogP) is 4.57. The van der Waals surface area contributed by atoms with E-state index >= 15 is 0 Å². The molecule has 0 radical (unpaired) electrons. The Kier molecular flexibility index (Phi) is 6.25. The van der Waals surface area contributed by atoms with Crippen molar-refractivity contribution in [2.24, 2.45) is 0 Å². The Morgan fingerprint density at radius 2 is 1.00 bits per heavy atom. The Morgan fingerprint density at radius 1 is 0.564 bits per heavy atom. The van der Waals surface area contributed by atoms with Crippen LogP contribution >= 0.6 is 0 Å². The summed E-state index contributed by atoms with van der Waals surface area (Å²) in [7, 11) is 0. The largest absolute Gasteiger partial charge is 0.347 e. The molecular formula is C32H26N4O3. The van der Waals surface area contributed by atoms with E-state index in [0.29, 0.717) is 24.1 Å². The number of carbonyl (C=O) groups excluding carboxylic acids is 2. The van der Waals surface area contributed by atoms with Crippen LogP contribution in [0.5, 0.6) is 0 Å². The number of hydrogen-bond donors (Lipinski definition) is 0. The predicted molar refractivity (Wildman–Crippen MR) is 148 cm³/mol. The van der Waals surface area contributed by atoms with E-state index in [9.17, 15) is 14.4 Å². The zero-order valence-corrected chi connectivity index (χ0v) is 21.2. The molecule has 0 spiro atoms. The molecule has 0 N–H and O–H groups in total. The van der Waals surface area contributed by atoms with E-state index in [0.717, 1.165) is 16.7 Å². The first kappa shape index (κ1) is 24.3. The summed E-state index contributed by atoms with van der Waals surface area (Å²) < 4.78 is 3.08. The molecule has 2 amide bonds. The minimum Gasteiger partial charge on any atom is -0.281 e. The summed E-state index contributed by atoms with van der Waals surface area (Å²) in [5, 5.41) is 4.65. The van der Waals surface area contributed by atoms with Gasteiger partial charge in [-0.15, -0.1) is 0 Å². The first-order valence-corrected chi connectivity index (χ1v) is 12.9. The summed E-state index contributed by atoms with van der Waals surface area (Å²) in [6.45, 7) is 0.520. The van der Waals surface area contributed by atoms with Crippen LogP contribution in [0.25, 0.3) is 0 Å². The van der Waals surface area contributed by atoms with Gasteiger partial charge in [0.1, 0.15) is 11.9 Å². The summed E-state index contributed by atoms with van der Waals surface area (Å²) in [5.41, 5.74) is 2.27. The van der Waals surface area contributed by atoms with E-state index in [1.807, 2.05) is 91.0 Å². The zero-order valence-electron chi connectivity index (χ0n) is 21.2. The van der Waals surface area contributed by atoms with Crippen molar-refractivity contribution < 1.29 is 9.59 Å². The number of fused-ring (bicyclic) bond motifs is 1. The van der Waals surface area contributed by atoms with Crippen LogP contribution < -0.4 is 5.69 Å². The van der Waals surface area contributed by atoms with Crippen molar-refractivity contribution in [3.8, 4) is 0 Å². The lowest BCUT2D eigenvalue weighted by Crippen LogP contribution is -2.45. The number of aryl methyl sites for hydroxylation is 1. The summed E-state index contributed by atoms with van der Waals surface area (Å²) >= 11 is 0. The van der Waals surface area contributed by atoms with Crippen LogP contribution in [0.4, 0.5) is 0 Å². The topological polar surface area (TPSA) is 77.2 Å². The number of nitrogens with zero attached hydrogens (tertiary/aromatic N) is 4. The van der Waals surface area contributed by atoms with Crippen molar-refractivity contribution in [1.82, 2.24) is 19.2 Å². The van der Waals surface area contributed by atoms with Crippen LogP contribution in [-0.4, -0.2) is 37.6 Å². The highest BCUT2D eigenvalue weighted by molar-refractivity contribution is 6.21.